The Balaban J connectivity index is 1.31. The molecule has 2 aromatic carbocycles. The molecule has 3 heterocycles. The maximum atomic E-state index is 13.9. The van der Waals surface area contributed by atoms with Gasteiger partial charge in [-0.3, -0.25) is 9.59 Å². The van der Waals surface area contributed by atoms with Crippen LogP contribution in [0.5, 0.6) is 5.75 Å². The Kier molecular flexibility index (Phi) is 4.52. The molecule has 5 nitrogen and oxygen atoms in total. The lowest BCUT2D eigenvalue weighted by Crippen LogP contribution is -2.43. The molecule has 34 heavy (non-hydrogen) atoms. The average molecular weight is 489 g/mol. The summed E-state index contributed by atoms with van der Waals surface area (Å²) in [5.41, 5.74) is 1.86. The highest BCUT2D eigenvalue weighted by Gasteiger charge is 2.70. The summed E-state index contributed by atoms with van der Waals surface area (Å²) in [4.78, 5) is 30.4. The van der Waals surface area contributed by atoms with E-state index in [9.17, 15) is 9.59 Å². The number of imide groups is 1. The Morgan fingerprint density at radius 1 is 1.00 bits per heavy atom. The third kappa shape index (κ3) is 2.65. The van der Waals surface area contributed by atoms with Crippen molar-refractivity contribution in [1.29, 1.82) is 0 Å². The van der Waals surface area contributed by atoms with Crippen LogP contribution in [-0.4, -0.2) is 24.2 Å². The summed E-state index contributed by atoms with van der Waals surface area (Å²) in [6, 6.07) is 18.0. The number of carbonyl (C=O) groups excluding carboxylic acids is 2. The number of amides is 2. The Morgan fingerprint density at radius 2 is 1.71 bits per heavy atom. The van der Waals surface area contributed by atoms with Crippen LogP contribution in [0.15, 0.2) is 76.1 Å². The number of hydrogen-bond donors (Lipinski definition) is 1. The summed E-state index contributed by atoms with van der Waals surface area (Å²) < 4.78 is 5.50. The van der Waals surface area contributed by atoms with Crippen LogP contribution in [0.4, 0.5) is 5.69 Å². The number of fused-ring (bicyclic) bond motifs is 8. The zero-order valence-corrected chi connectivity index (χ0v) is 20.3. The van der Waals surface area contributed by atoms with E-state index in [-0.39, 0.29) is 41.4 Å². The first-order valence-electron chi connectivity index (χ1n) is 11.7. The summed E-state index contributed by atoms with van der Waals surface area (Å²) in [5, 5.41) is 5.94. The van der Waals surface area contributed by atoms with Crippen molar-refractivity contribution >= 4 is 41.0 Å². The molecule has 0 radical (unpaired) electrons. The lowest BCUT2D eigenvalue weighted by Gasteiger charge is -2.43. The Hall–Kier alpha value is -2.64. The van der Waals surface area contributed by atoms with Crippen LogP contribution in [0, 0.1) is 29.6 Å². The van der Waals surface area contributed by atoms with Gasteiger partial charge < -0.3 is 10.1 Å². The molecule has 2 aliphatic carbocycles. The lowest BCUT2D eigenvalue weighted by molar-refractivity contribution is -0.123. The van der Waals surface area contributed by atoms with E-state index in [0.717, 1.165) is 11.4 Å². The van der Waals surface area contributed by atoms with E-state index in [1.165, 1.54) is 20.4 Å². The van der Waals surface area contributed by atoms with E-state index >= 15 is 0 Å². The fraction of sp³-hybridized carbons (Fsp3) is 0.333. The van der Waals surface area contributed by atoms with Gasteiger partial charge in [-0.05, 0) is 41.9 Å². The van der Waals surface area contributed by atoms with Crippen molar-refractivity contribution in [3.63, 3.8) is 0 Å². The number of hydrogen-bond acceptors (Lipinski definition) is 6. The number of methoxy groups -OCH3 is 1. The Labute approximate surface area is 207 Å². The maximum absolute atomic E-state index is 13.9. The summed E-state index contributed by atoms with van der Waals surface area (Å²) >= 11 is 3.61. The first-order valence-corrected chi connectivity index (χ1v) is 13.4. The smallest absolute Gasteiger partial charge is 0.238 e. The van der Waals surface area contributed by atoms with Gasteiger partial charge in [-0.25, -0.2) is 4.90 Å². The highest BCUT2D eigenvalue weighted by molar-refractivity contribution is 8.10. The Bertz CT molecular complexity index is 1280. The minimum Gasteiger partial charge on any atom is -0.495 e. The van der Waals surface area contributed by atoms with Crippen molar-refractivity contribution in [3.8, 4) is 5.75 Å². The molecule has 3 aliphatic heterocycles. The Morgan fingerprint density at radius 3 is 2.47 bits per heavy atom. The molecule has 1 N–H and O–H groups in total. The standard InChI is InChI=1S/C27H24N2O3S2/c1-13-28-25-24(33-13)19(14-8-4-3-5-9-14)20-15-12-16(23(20)34-25)22-21(15)26(30)29(27(22)31)17-10-6-7-11-18(17)32-2/h3-11,15-16,19-23,28H,1,12H2,2H3/t15-,16-,19-,20-,21+,22-,23-/m0/s1. The molecule has 0 spiro atoms. The van der Waals surface area contributed by atoms with Gasteiger partial charge in [0.05, 0.1) is 34.7 Å². The van der Waals surface area contributed by atoms with Gasteiger partial charge in [0, 0.05) is 16.1 Å². The normalized spacial score (nSPS) is 35.4. The van der Waals surface area contributed by atoms with Crippen molar-refractivity contribution in [1.82, 2.24) is 5.32 Å². The molecule has 0 unspecified atom stereocenters. The number of para-hydroxylation sites is 2. The number of rotatable bonds is 3. The van der Waals surface area contributed by atoms with E-state index < -0.39 is 0 Å². The van der Waals surface area contributed by atoms with E-state index in [1.54, 1.807) is 18.9 Å². The van der Waals surface area contributed by atoms with Gasteiger partial charge in [0.1, 0.15) is 5.75 Å². The zero-order valence-electron chi connectivity index (χ0n) is 18.6. The first-order chi connectivity index (χ1) is 16.6. The second kappa shape index (κ2) is 7.43. The van der Waals surface area contributed by atoms with E-state index in [4.69, 9.17) is 4.74 Å². The molecular weight excluding hydrogens is 464 g/mol. The lowest BCUT2D eigenvalue weighted by atomic mass is 9.68. The number of thioether (sulfide) groups is 2. The number of anilines is 1. The SMILES string of the molecule is C=C1NC2=C(S1)[C@@H](c1ccccc1)[C@@H]1[C@@H]3C[C@H]([C@@H]1S2)[C@@H]1C(=O)N(c2ccccc2OC)C(=O)[C@H]31. The third-order valence-corrected chi connectivity index (χ3v) is 10.9. The first kappa shape index (κ1) is 20.7. The minimum atomic E-state index is -0.250. The van der Waals surface area contributed by atoms with E-state index in [2.05, 4.69) is 36.2 Å². The van der Waals surface area contributed by atoms with E-state index in [0.29, 0.717) is 22.6 Å². The summed E-state index contributed by atoms with van der Waals surface area (Å²) in [5.74, 6) is 0.895. The number of carbonyl (C=O) groups is 2. The third-order valence-electron chi connectivity index (χ3n) is 8.28. The van der Waals surface area contributed by atoms with Crippen molar-refractivity contribution in [2.24, 2.45) is 29.6 Å². The van der Waals surface area contributed by atoms with Crippen LogP contribution in [0.2, 0.25) is 0 Å². The number of nitrogens with zero attached hydrogens (tertiary/aromatic N) is 1. The molecule has 7 rings (SSSR count). The predicted octanol–water partition coefficient (Wildman–Crippen LogP) is 4.94. The monoisotopic (exact) mass is 488 g/mol. The van der Waals surface area contributed by atoms with Crippen LogP contribution >= 0.6 is 23.5 Å². The molecule has 5 aliphatic rings. The van der Waals surface area contributed by atoms with Gasteiger partial charge in [0.15, 0.2) is 0 Å². The van der Waals surface area contributed by atoms with Crippen LogP contribution < -0.4 is 15.0 Å². The highest BCUT2D eigenvalue weighted by atomic mass is 32.2. The van der Waals surface area contributed by atoms with Gasteiger partial charge >= 0.3 is 0 Å². The second-order valence-corrected chi connectivity index (χ2v) is 12.0. The summed E-state index contributed by atoms with van der Waals surface area (Å²) in [7, 11) is 1.58. The fourth-order valence-electron chi connectivity index (χ4n) is 7.17. The molecule has 172 valence electrons. The number of ether oxygens (including phenoxy) is 1. The minimum absolute atomic E-state index is 0.0522. The average Bonchev–Trinajstić information content (AvgIpc) is 3.58. The van der Waals surface area contributed by atoms with Crippen LogP contribution in [0.25, 0.3) is 0 Å². The topological polar surface area (TPSA) is 58.6 Å². The number of benzene rings is 2. The number of nitrogens with one attached hydrogen (secondary N) is 1. The van der Waals surface area contributed by atoms with Gasteiger partial charge in [-0.15, -0.1) is 11.8 Å². The van der Waals surface area contributed by atoms with Crippen molar-refractivity contribution in [2.75, 3.05) is 12.0 Å². The largest absolute Gasteiger partial charge is 0.495 e. The van der Waals surface area contributed by atoms with Gasteiger partial charge in [0.25, 0.3) is 0 Å². The van der Waals surface area contributed by atoms with Crippen LogP contribution in [0.3, 0.4) is 0 Å². The highest BCUT2D eigenvalue weighted by Crippen LogP contribution is 2.70. The molecule has 7 atom stereocenters. The van der Waals surface area contributed by atoms with Crippen molar-refractivity contribution < 1.29 is 14.3 Å². The molecule has 2 amide bonds. The van der Waals surface area contributed by atoms with Gasteiger partial charge in [-0.1, -0.05) is 60.8 Å². The molecule has 2 bridgehead atoms. The fourth-order valence-corrected chi connectivity index (χ4v) is 10.2. The maximum Gasteiger partial charge on any atom is 0.238 e. The molecule has 2 saturated carbocycles. The molecular formula is C27H24N2O3S2. The van der Waals surface area contributed by atoms with E-state index in [1.807, 2.05) is 42.1 Å². The summed E-state index contributed by atoms with van der Waals surface area (Å²) in [6.45, 7) is 4.17. The predicted molar refractivity (Wildman–Crippen MR) is 135 cm³/mol. The quantitative estimate of drug-likeness (QED) is 0.618. The molecule has 2 aromatic rings. The molecule has 1 saturated heterocycles. The molecule has 7 heteroatoms. The molecule has 3 fully saturated rings. The van der Waals surface area contributed by atoms with Gasteiger partial charge in [-0.2, -0.15) is 0 Å². The van der Waals surface area contributed by atoms with Crippen LogP contribution in [-0.2, 0) is 9.59 Å². The zero-order chi connectivity index (χ0) is 23.1. The summed E-state index contributed by atoms with van der Waals surface area (Å²) in [6.07, 6.45) is 0.949. The van der Waals surface area contributed by atoms with Crippen molar-refractivity contribution in [2.45, 2.75) is 17.6 Å². The van der Waals surface area contributed by atoms with Gasteiger partial charge in [0.2, 0.25) is 11.8 Å². The second-order valence-electron chi connectivity index (χ2n) is 9.69. The molecule has 0 aromatic heterocycles. The van der Waals surface area contributed by atoms with Crippen molar-refractivity contribution in [3.05, 3.63) is 81.7 Å². The number of allylic oxidation sites excluding steroid dienone is 1. The van der Waals surface area contributed by atoms with Crippen LogP contribution in [0.1, 0.15) is 17.9 Å².